The zero-order valence-corrected chi connectivity index (χ0v) is 20.1. The second-order valence-corrected chi connectivity index (χ2v) is 9.21. The highest BCUT2D eigenvalue weighted by Gasteiger charge is 2.29. The molecule has 0 spiro atoms. The minimum atomic E-state index is -0.510. The van der Waals surface area contributed by atoms with Crippen molar-refractivity contribution in [1.82, 2.24) is 0 Å². The molecule has 0 fully saturated rings. The number of nitrogens with one attached hydrogen (secondary N) is 1. The molecule has 0 unspecified atom stereocenters. The van der Waals surface area contributed by atoms with Gasteiger partial charge in [0.2, 0.25) is 5.91 Å². The molecule has 4 rings (SSSR count). The molecular formula is C29H27NO3S. The molecule has 0 radical (unpaired) electrons. The summed E-state index contributed by atoms with van der Waals surface area (Å²) in [5.41, 5.74) is 3.91. The van der Waals surface area contributed by atoms with Gasteiger partial charge in [0.15, 0.2) is 0 Å². The Labute approximate surface area is 204 Å². The van der Waals surface area contributed by atoms with Gasteiger partial charge in [-0.15, -0.1) is 11.3 Å². The average Bonchev–Trinajstić information content (AvgIpc) is 3.20. The van der Waals surface area contributed by atoms with Crippen LogP contribution < -0.4 is 5.32 Å². The first kappa shape index (κ1) is 23.5. The molecule has 1 N–H and O–H groups in total. The average molecular weight is 470 g/mol. The minimum absolute atomic E-state index is 0.192. The Kier molecular flexibility index (Phi) is 7.55. The zero-order chi connectivity index (χ0) is 23.9. The van der Waals surface area contributed by atoms with Gasteiger partial charge in [-0.2, -0.15) is 0 Å². The van der Waals surface area contributed by atoms with Crippen LogP contribution in [0, 0.1) is 6.92 Å². The molecule has 34 heavy (non-hydrogen) atoms. The predicted octanol–water partition coefficient (Wildman–Crippen LogP) is 7.06. The summed E-state index contributed by atoms with van der Waals surface area (Å²) in [5, 5.41) is 3.59. The van der Waals surface area contributed by atoms with Crippen molar-refractivity contribution >= 4 is 28.2 Å². The highest BCUT2D eigenvalue weighted by molar-refractivity contribution is 7.17. The maximum absolute atomic E-state index is 13.7. The first-order chi connectivity index (χ1) is 16.6. The molecule has 0 saturated heterocycles. The molecule has 0 saturated carbocycles. The highest BCUT2D eigenvalue weighted by atomic mass is 32.1. The Bertz CT molecular complexity index is 1210. The lowest BCUT2D eigenvalue weighted by Crippen LogP contribution is -2.23. The number of amides is 1. The van der Waals surface area contributed by atoms with Crippen molar-refractivity contribution in [1.29, 1.82) is 0 Å². The van der Waals surface area contributed by atoms with E-state index in [1.54, 1.807) is 0 Å². The number of carbonyl (C=O) groups is 2. The molecule has 3 aromatic carbocycles. The number of rotatable bonds is 8. The Balaban J connectivity index is 1.76. The van der Waals surface area contributed by atoms with Gasteiger partial charge < -0.3 is 10.1 Å². The smallest absolute Gasteiger partial charge is 0.341 e. The number of esters is 1. The third kappa shape index (κ3) is 5.10. The number of carbonyl (C=O) groups excluding carboxylic acids is 2. The van der Waals surface area contributed by atoms with E-state index in [0.29, 0.717) is 17.2 Å². The predicted molar refractivity (Wildman–Crippen MR) is 138 cm³/mol. The van der Waals surface area contributed by atoms with E-state index in [9.17, 15) is 9.59 Å². The van der Waals surface area contributed by atoms with Crippen LogP contribution in [0.2, 0.25) is 0 Å². The summed E-state index contributed by atoms with van der Waals surface area (Å²) >= 11 is 1.40. The SMILES string of the molecule is CCCOC(=O)c1c(NC(=O)C(c2ccccc2)c2ccccc2)sc(C)c1-c1ccccc1. The summed E-state index contributed by atoms with van der Waals surface area (Å²) in [4.78, 5) is 27.8. The number of aryl methyl sites for hydroxylation is 1. The van der Waals surface area contributed by atoms with Crippen LogP contribution >= 0.6 is 11.3 Å². The van der Waals surface area contributed by atoms with E-state index in [-0.39, 0.29) is 5.91 Å². The number of hydrogen-bond acceptors (Lipinski definition) is 4. The van der Waals surface area contributed by atoms with Crippen LogP contribution in [0.5, 0.6) is 0 Å². The van der Waals surface area contributed by atoms with Crippen LogP contribution in [-0.4, -0.2) is 18.5 Å². The monoisotopic (exact) mass is 469 g/mol. The van der Waals surface area contributed by atoms with E-state index in [1.807, 2.05) is 105 Å². The minimum Gasteiger partial charge on any atom is -0.462 e. The van der Waals surface area contributed by atoms with Gasteiger partial charge in [-0.25, -0.2) is 4.79 Å². The molecule has 172 valence electrons. The fourth-order valence-corrected chi connectivity index (χ4v) is 5.08. The number of ether oxygens (including phenoxy) is 1. The van der Waals surface area contributed by atoms with Crippen molar-refractivity contribution in [3.8, 4) is 11.1 Å². The van der Waals surface area contributed by atoms with Crippen LogP contribution in [0.15, 0.2) is 91.0 Å². The first-order valence-electron chi connectivity index (χ1n) is 11.4. The second-order valence-electron chi connectivity index (χ2n) is 7.98. The maximum atomic E-state index is 13.7. The molecule has 1 heterocycles. The van der Waals surface area contributed by atoms with Crippen LogP contribution in [0.4, 0.5) is 5.00 Å². The number of anilines is 1. The van der Waals surface area contributed by atoms with E-state index in [4.69, 9.17) is 4.74 Å². The summed E-state index contributed by atoms with van der Waals surface area (Å²) in [7, 11) is 0. The lowest BCUT2D eigenvalue weighted by atomic mass is 9.90. The summed E-state index contributed by atoms with van der Waals surface area (Å²) in [5.74, 6) is -1.12. The number of benzene rings is 3. The van der Waals surface area contributed by atoms with Crippen molar-refractivity contribution in [3.63, 3.8) is 0 Å². The van der Waals surface area contributed by atoms with Crippen LogP contribution in [0.25, 0.3) is 11.1 Å². The molecular weight excluding hydrogens is 442 g/mol. The summed E-state index contributed by atoms with van der Waals surface area (Å²) in [6.07, 6.45) is 0.724. The van der Waals surface area contributed by atoms with Gasteiger partial charge in [-0.3, -0.25) is 4.79 Å². The Morgan fingerprint density at radius 3 is 1.91 bits per heavy atom. The van der Waals surface area contributed by atoms with Crippen molar-refractivity contribution in [2.75, 3.05) is 11.9 Å². The largest absolute Gasteiger partial charge is 0.462 e. The van der Waals surface area contributed by atoms with E-state index in [2.05, 4.69) is 5.32 Å². The van der Waals surface area contributed by atoms with E-state index in [0.717, 1.165) is 33.6 Å². The van der Waals surface area contributed by atoms with E-state index >= 15 is 0 Å². The first-order valence-corrected chi connectivity index (χ1v) is 12.2. The lowest BCUT2D eigenvalue weighted by molar-refractivity contribution is -0.116. The summed E-state index contributed by atoms with van der Waals surface area (Å²) < 4.78 is 5.52. The molecule has 1 aromatic heterocycles. The highest BCUT2D eigenvalue weighted by Crippen LogP contribution is 2.41. The molecule has 0 atom stereocenters. The second kappa shape index (κ2) is 10.9. The number of thiophene rings is 1. The fraction of sp³-hybridized carbons (Fsp3) is 0.172. The molecule has 0 aliphatic rings. The molecule has 0 aliphatic heterocycles. The maximum Gasteiger partial charge on any atom is 0.341 e. The zero-order valence-electron chi connectivity index (χ0n) is 19.3. The van der Waals surface area contributed by atoms with Gasteiger partial charge >= 0.3 is 5.97 Å². The van der Waals surface area contributed by atoms with Crippen molar-refractivity contribution in [2.24, 2.45) is 0 Å². The molecule has 5 heteroatoms. The van der Waals surface area contributed by atoms with Gasteiger partial charge in [-0.05, 0) is 30.0 Å². The number of hydrogen-bond donors (Lipinski definition) is 1. The van der Waals surface area contributed by atoms with Crippen molar-refractivity contribution < 1.29 is 14.3 Å². The van der Waals surface area contributed by atoms with E-state index in [1.165, 1.54) is 11.3 Å². The van der Waals surface area contributed by atoms with Crippen LogP contribution in [0.3, 0.4) is 0 Å². The lowest BCUT2D eigenvalue weighted by Gasteiger charge is -2.18. The normalized spacial score (nSPS) is 10.8. The van der Waals surface area contributed by atoms with Crippen LogP contribution in [0.1, 0.15) is 45.6 Å². The Morgan fingerprint density at radius 1 is 0.853 bits per heavy atom. The quantitative estimate of drug-likeness (QED) is 0.281. The third-order valence-corrected chi connectivity index (χ3v) is 6.57. The molecule has 1 amide bonds. The van der Waals surface area contributed by atoms with Crippen molar-refractivity contribution in [3.05, 3.63) is 113 Å². The van der Waals surface area contributed by atoms with E-state index < -0.39 is 11.9 Å². The van der Waals surface area contributed by atoms with Crippen molar-refractivity contribution in [2.45, 2.75) is 26.2 Å². The van der Waals surface area contributed by atoms with Gasteiger partial charge in [0.05, 0.1) is 12.5 Å². The van der Waals surface area contributed by atoms with Gasteiger partial charge in [-0.1, -0.05) is 97.9 Å². The molecule has 4 aromatic rings. The Hall–Kier alpha value is -3.70. The third-order valence-electron chi connectivity index (χ3n) is 5.55. The Morgan fingerprint density at radius 2 is 1.38 bits per heavy atom. The standard InChI is InChI=1S/C29H27NO3S/c1-3-19-33-29(32)26-24(21-13-7-4-8-14-21)20(2)34-28(26)30-27(31)25(22-15-9-5-10-16-22)23-17-11-6-12-18-23/h4-18,25H,3,19H2,1-2H3,(H,30,31). The summed E-state index contributed by atoms with van der Waals surface area (Å²) in [6, 6.07) is 29.1. The van der Waals surface area contributed by atoms with Gasteiger partial charge in [0.25, 0.3) is 0 Å². The van der Waals surface area contributed by atoms with Crippen LogP contribution in [-0.2, 0) is 9.53 Å². The van der Waals surface area contributed by atoms with Gasteiger partial charge in [0, 0.05) is 10.4 Å². The molecule has 0 bridgehead atoms. The molecule has 0 aliphatic carbocycles. The fourth-order valence-electron chi connectivity index (χ4n) is 4.02. The van der Waals surface area contributed by atoms with Gasteiger partial charge in [0.1, 0.15) is 10.6 Å². The topological polar surface area (TPSA) is 55.4 Å². The molecule has 4 nitrogen and oxygen atoms in total. The summed E-state index contributed by atoms with van der Waals surface area (Å²) in [6.45, 7) is 4.24.